The van der Waals surface area contributed by atoms with Crippen molar-refractivity contribution in [3.05, 3.63) is 71.9 Å². The summed E-state index contributed by atoms with van der Waals surface area (Å²) in [6, 6.07) is 9.89. The van der Waals surface area contributed by atoms with Gasteiger partial charge in [0, 0.05) is 31.2 Å². The Bertz CT molecular complexity index is 1010. The molecule has 0 aliphatic carbocycles. The molecule has 1 amide bonds. The van der Waals surface area contributed by atoms with Crippen LogP contribution in [-0.4, -0.2) is 45.0 Å². The van der Waals surface area contributed by atoms with E-state index in [9.17, 15) is 9.18 Å². The van der Waals surface area contributed by atoms with Gasteiger partial charge in [-0.15, -0.1) is 0 Å². The second-order valence-corrected chi connectivity index (χ2v) is 7.04. The van der Waals surface area contributed by atoms with Crippen LogP contribution in [0.25, 0.3) is 11.4 Å². The van der Waals surface area contributed by atoms with Gasteiger partial charge in [-0.3, -0.25) is 4.79 Å². The van der Waals surface area contributed by atoms with E-state index in [0.29, 0.717) is 19.0 Å². The standard InChI is InChI=1S/C22H21FN4O2/c1-15-8-11-24-19(13-15)29-16-5-3-12-27(14-16)22(28)17-6-2-7-18(23)20(17)21-25-9-4-10-26-21/h2,4,6-11,13,16H,3,5,12,14H2,1H3/t16-/m1/s1. The number of likely N-dealkylation sites (tertiary alicyclic amines) is 1. The molecule has 1 aliphatic rings. The van der Waals surface area contributed by atoms with Gasteiger partial charge in [-0.1, -0.05) is 6.07 Å². The van der Waals surface area contributed by atoms with E-state index in [1.807, 2.05) is 19.1 Å². The van der Waals surface area contributed by atoms with Gasteiger partial charge in [0.15, 0.2) is 5.82 Å². The molecule has 1 aromatic carbocycles. The Morgan fingerprint density at radius 2 is 1.97 bits per heavy atom. The molecule has 0 unspecified atom stereocenters. The molecule has 7 heteroatoms. The highest BCUT2D eigenvalue weighted by atomic mass is 19.1. The minimum atomic E-state index is -0.518. The Balaban J connectivity index is 1.56. The zero-order valence-electron chi connectivity index (χ0n) is 16.1. The molecule has 1 aliphatic heterocycles. The van der Waals surface area contributed by atoms with E-state index in [-0.39, 0.29) is 29.0 Å². The number of nitrogens with zero attached hydrogens (tertiary/aromatic N) is 4. The van der Waals surface area contributed by atoms with Crippen LogP contribution in [0.15, 0.2) is 55.0 Å². The first-order valence-electron chi connectivity index (χ1n) is 9.56. The van der Waals surface area contributed by atoms with E-state index in [2.05, 4.69) is 15.0 Å². The number of benzene rings is 1. The van der Waals surface area contributed by atoms with Crippen LogP contribution in [0.2, 0.25) is 0 Å². The number of aryl methyl sites for hydroxylation is 1. The van der Waals surface area contributed by atoms with Crippen LogP contribution in [0.3, 0.4) is 0 Å². The predicted octanol–water partition coefficient (Wildman–Crippen LogP) is 3.67. The van der Waals surface area contributed by atoms with Crippen molar-refractivity contribution in [2.45, 2.75) is 25.9 Å². The third-order valence-electron chi connectivity index (χ3n) is 4.88. The first-order chi connectivity index (χ1) is 14.1. The maximum Gasteiger partial charge on any atom is 0.254 e. The van der Waals surface area contributed by atoms with Crippen LogP contribution >= 0.6 is 0 Å². The van der Waals surface area contributed by atoms with Crippen LogP contribution in [0.1, 0.15) is 28.8 Å². The summed E-state index contributed by atoms with van der Waals surface area (Å²) in [5.41, 5.74) is 1.44. The van der Waals surface area contributed by atoms with Gasteiger partial charge in [0.05, 0.1) is 17.7 Å². The lowest BCUT2D eigenvalue weighted by molar-refractivity contribution is 0.0528. The van der Waals surface area contributed by atoms with Gasteiger partial charge in [0.1, 0.15) is 11.9 Å². The van der Waals surface area contributed by atoms with Gasteiger partial charge >= 0.3 is 0 Å². The SMILES string of the molecule is Cc1ccnc(O[C@@H]2CCCN(C(=O)c3cccc(F)c3-c3ncccn3)C2)c1. The number of ether oxygens (including phenoxy) is 1. The summed E-state index contributed by atoms with van der Waals surface area (Å²) in [5, 5.41) is 0. The summed E-state index contributed by atoms with van der Waals surface area (Å²) < 4.78 is 20.6. The molecule has 0 saturated carbocycles. The molecular weight excluding hydrogens is 371 g/mol. The molecule has 1 saturated heterocycles. The van der Waals surface area contributed by atoms with Crippen molar-refractivity contribution in [2.24, 2.45) is 0 Å². The van der Waals surface area contributed by atoms with Gasteiger partial charge < -0.3 is 9.64 Å². The summed E-state index contributed by atoms with van der Waals surface area (Å²) >= 11 is 0. The minimum absolute atomic E-state index is 0.126. The highest BCUT2D eigenvalue weighted by molar-refractivity contribution is 6.00. The monoisotopic (exact) mass is 392 g/mol. The maximum atomic E-state index is 14.6. The fraction of sp³-hybridized carbons (Fsp3) is 0.273. The number of hydrogen-bond donors (Lipinski definition) is 0. The molecule has 148 valence electrons. The average Bonchev–Trinajstić information content (AvgIpc) is 2.74. The van der Waals surface area contributed by atoms with Crippen molar-refractivity contribution < 1.29 is 13.9 Å². The topological polar surface area (TPSA) is 68.2 Å². The Labute approximate surface area is 168 Å². The fourth-order valence-corrected chi connectivity index (χ4v) is 3.49. The lowest BCUT2D eigenvalue weighted by atomic mass is 10.0. The number of rotatable bonds is 4. The van der Waals surface area contributed by atoms with E-state index in [1.165, 1.54) is 24.5 Å². The molecule has 0 bridgehead atoms. The molecule has 2 aromatic heterocycles. The van der Waals surface area contributed by atoms with E-state index in [4.69, 9.17) is 4.74 Å². The number of aromatic nitrogens is 3. The second-order valence-electron chi connectivity index (χ2n) is 7.04. The number of halogens is 1. The van der Waals surface area contributed by atoms with Gasteiger partial charge in [-0.25, -0.2) is 19.3 Å². The molecule has 6 nitrogen and oxygen atoms in total. The third kappa shape index (κ3) is 4.23. The molecule has 1 fully saturated rings. The third-order valence-corrected chi connectivity index (χ3v) is 4.88. The van der Waals surface area contributed by atoms with Gasteiger partial charge in [0.2, 0.25) is 5.88 Å². The molecular formula is C22H21FN4O2. The lowest BCUT2D eigenvalue weighted by Crippen LogP contribution is -2.44. The van der Waals surface area contributed by atoms with Crippen LogP contribution < -0.4 is 4.74 Å². The van der Waals surface area contributed by atoms with Crippen molar-refractivity contribution >= 4 is 5.91 Å². The molecule has 29 heavy (non-hydrogen) atoms. The van der Waals surface area contributed by atoms with Gasteiger partial charge in [-0.05, 0) is 49.6 Å². The van der Waals surface area contributed by atoms with Crippen molar-refractivity contribution in [2.75, 3.05) is 13.1 Å². The summed E-state index contributed by atoms with van der Waals surface area (Å²) in [7, 11) is 0. The van der Waals surface area contributed by atoms with E-state index >= 15 is 0 Å². The van der Waals surface area contributed by atoms with E-state index in [1.54, 1.807) is 23.2 Å². The van der Waals surface area contributed by atoms with Crippen molar-refractivity contribution in [1.29, 1.82) is 0 Å². The summed E-state index contributed by atoms with van der Waals surface area (Å²) in [6.45, 7) is 2.98. The molecule has 1 atom stereocenters. The number of hydrogen-bond acceptors (Lipinski definition) is 5. The van der Waals surface area contributed by atoms with E-state index in [0.717, 1.165) is 18.4 Å². The first-order valence-corrected chi connectivity index (χ1v) is 9.56. The molecule has 3 heterocycles. The summed E-state index contributed by atoms with van der Waals surface area (Å²) in [6.07, 6.45) is 6.24. The first kappa shape index (κ1) is 19.0. The molecule has 4 rings (SSSR count). The zero-order valence-corrected chi connectivity index (χ0v) is 16.1. The number of amides is 1. The number of pyridine rings is 1. The second kappa shape index (κ2) is 8.34. The van der Waals surface area contributed by atoms with Crippen LogP contribution in [-0.2, 0) is 0 Å². The minimum Gasteiger partial charge on any atom is -0.472 e. The number of piperidine rings is 1. The Kier molecular flexibility index (Phi) is 5.46. The highest BCUT2D eigenvalue weighted by Gasteiger charge is 2.28. The van der Waals surface area contributed by atoms with Crippen molar-refractivity contribution in [3.63, 3.8) is 0 Å². The van der Waals surface area contributed by atoms with Gasteiger partial charge in [-0.2, -0.15) is 0 Å². The largest absolute Gasteiger partial charge is 0.472 e. The molecule has 3 aromatic rings. The number of carbonyl (C=O) groups is 1. The van der Waals surface area contributed by atoms with Crippen LogP contribution in [0, 0.1) is 12.7 Å². The number of carbonyl (C=O) groups excluding carboxylic acids is 1. The zero-order chi connectivity index (χ0) is 20.2. The smallest absolute Gasteiger partial charge is 0.254 e. The Morgan fingerprint density at radius 3 is 2.76 bits per heavy atom. The van der Waals surface area contributed by atoms with E-state index < -0.39 is 5.82 Å². The average molecular weight is 392 g/mol. The van der Waals surface area contributed by atoms with Crippen molar-refractivity contribution in [3.8, 4) is 17.3 Å². The molecule has 0 N–H and O–H groups in total. The summed E-state index contributed by atoms with van der Waals surface area (Å²) in [5.74, 6) is -0.0237. The Morgan fingerprint density at radius 1 is 1.14 bits per heavy atom. The van der Waals surface area contributed by atoms with Crippen molar-refractivity contribution in [1.82, 2.24) is 19.9 Å². The normalized spacial score (nSPS) is 16.5. The fourth-order valence-electron chi connectivity index (χ4n) is 3.49. The lowest BCUT2D eigenvalue weighted by Gasteiger charge is -2.33. The van der Waals surface area contributed by atoms with Crippen LogP contribution in [0.4, 0.5) is 4.39 Å². The molecule has 0 spiro atoms. The predicted molar refractivity (Wildman–Crippen MR) is 106 cm³/mol. The quantitative estimate of drug-likeness (QED) is 0.678. The summed E-state index contributed by atoms with van der Waals surface area (Å²) in [4.78, 5) is 27.4. The van der Waals surface area contributed by atoms with Gasteiger partial charge in [0.25, 0.3) is 5.91 Å². The Hall–Kier alpha value is -3.35. The van der Waals surface area contributed by atoms with Crippen LogP contribution in [0.5, 0.6) is 5.88 Å². The molecule has 0 radical (unpaired) electrons. The maximum absolute atomic E-state index is 14.6. The highest BCUT2D eigenvalue weighted by Crippen LogP contribution is 2.26.